The van der Waals surface area contributed by atoms with Gasteiger partial charge in [-0.05, 0) is 32.3 Å². The lowest BCUT2D eigenvalue weighted by Crippen LogP contribution is -2.34. The highest BCUT2D eigenvalue weighted by atomic mass is 35.5. The number of hydrogen-bond acceptors (Lipinski definition) is 8. The van der Waals surface area contributed by atoms with Crippen molar-refractivity contribution in [1.82, 2.24) is 5.32 Å². The SMILES string of the molecule is C[C@H]1C[C@H](NCCB(O)O)c2cc(S(N)(=O)=O)sc2S1(=O)=O.Cl. The van der Waals surface area contributed by atoms with Crippen molar-refractivity contribution in [1.29, 1.82) is 0 Å². The molecule has 1 aliphatic heterocycles. The van der Waals surface area contributed by atoms with E-state index in [0.29, 0.717) is 16.9 Å². The van der Waals surface area contributed by atoms with Gasteiger partial charge in [-0.2, -0.15) is 0 Å². The zero-order valence-corrected chi connectivity index (χ0v) is 15.4. The van der Waals surface area contributed by atoms with Gasteiger partial charge in [0.1, 0.15) is 8.42 Å². The molecule has 0 radical (unpaired) electrons. The van der Waals surface area contributed by atoms with Crippen LogP contribution < -0.4 is 10.5 Å². The summed E-state index contributed by atoms with van der Waals surface area (Å²) in [5.41, 5.74) is 0.375. The summed E-state index contributed by atoms with van der Waals surface area (Å²) in [4.78, 5) is 0. The zero-order chi connectivity index (χ0) is 16.7. The normalized spacial score (nSPS) is 23.0. The van der Waals surface area contributed by atoms with E-state index in [9.17, 15) is 16.8 Å². The van der Waals surface area contributed by atoms with Gasteiger partial charge in [0.05, 0.1) is 5.25 Å². The fourth-order valence-electron chi connectivity index (χ4n) is 2.32. The van der Waals surface area contributed by atoms with E-state index in [4.69, 9.17) is 15.2 Å². The van der Waals surface area contributed by atoms with Crippen LogP contribution in [0.1, 0.15) is 24.9 Å². The largest absolute Gasteiger partial charge is 0.452 e. The number of sulfone groups is 1. The van der Waals surface area contributed by atoms with E-state index in [2.05, 4.69) is 5.32 Å². The van der Waals surface area contributed by atoms with Gasteiger partial charge in [-0.15, -0.1) is 23.7 Å². The molecule has 0 amide bonds. The first-order chi connectivity index (χ1) is 10.0. The maximum atomic E-state index is 12.3. The highest BCUT2D eigenvalue weighted by Crippen LogP contribution is 2.42. The van der Waals surface area contributed by atoms with Crippen molar-refractivity contribution in [3.63, 3.8) is 0 Å². The lowest BCUT2D eigenvalue weighted by molar-refractivity contribution is 0.397. The van der Waals surface area contributed by atoms with Crippen molar-refractivity contribution in [2.75, 3.05) is 6.54 Å². The Balaban J connectivity index is 0.00000264. The highest BCUT2D eigenvalue weighted by Gasteiger charge is 2.39. The zero-order valence-electron chi connectivity index (χ0n) is 12.2. The third kappa shape index (κ3) is 4.45. The summed E-state index contributed by atoms with van der Waals surface area (Å²) in [6.45, 7) is 1.82. The van der Waals surface area contributed by atoms with Gasteiger partial charge >= 0.3 is 7.12 Å². The minimum absolute atomic E-state index is 0. The van der Waals surface area contributed by atoms with Gasteiger partial charge in [-0.25, -0.2) is 22.0 Å². The molecule has 8 nitrogen and oxygen atoms in total. The summed E-state index contributed by atoms with van der Waals surface area (Å²) < 4.78 is 47.4. The van der Waals surface area contributed by atoms with Gasteiger partial charge < -0.3 is 15.4 Å². The molecule has 0 saturated heterocycles. The first-order valence-electron chi connectivity index (χ1n) is 6.53. The van der Waals surface area contributed by atoms with Gasteiger partial charge in [0.2, 0.25) is 10.0 Å². The summed E-state index contributed by atoms with van der Waals surface area (Å²) >= 11 is 0.657. The Morgan fingerprint density at radius 3 is 2.61 bits per heavy atom. The molecule has 0 saturated carbocycles. The van der Waals surface area contributed by atoms with Gasteiger partial charge in [0, 0.05) is 11.6 Å². The average molecular weight is 405 g/mol. The van der Waals surface area contributed by atoms with Crippen LogP contribution in [-0.2, 0) is 19.9 Å². The topological polar surface area (TPSA) is 147 Å². The quantitative estimate of drug-likeness (QED) is 0.483. The Labute approximate surface area is 145 Å². The lowest BCUT2D eigenvalue weighted by Gasteiger charge is -2.28. The van der Waals surface area contributed by atoms with Crippen LogP contribution in [-0.4, -0.2) is 45.8 Å². The van der Waals surface area contributed by atoms with E-state index in [1.54, 1.807) is 6.92 Å². The summed E-state index contributed by atoms with van der Waals surface area (Å²) in [5, 5.41) is 25.1. The molecule has 2 atom stereocenters. The van der Waals surface area contributed by atoms with E-state index < -0.39 is 32.2 Å². The molecule has 132 valence electrons. The molecule has 2 heterocycles. The standard InChI is InChI=1S/C10H17BN2O6S3.ClH/c1-6-4-8(13-3-2-11(14)15)7-5-9(22(12,18)19)20-10(7)21(6,16)17;/h5-6,8,13-15H,2-4H2,1H3,(H2,12,18,19);1H/t6-,8-;/m0./s1. The molecule has 0 aromatic carbocycles. The van der Waals surface area contributed by atoms with Gasteiger partial charge in [0.25, 0.3) is 0 Å². The van der Waals surface area contributed by atoms with Crippen LogP contribution in [0.5, 0.6) is 0 Å². The smallest absolute Gasteiger partial charge is 0.427 e. The minimum Gasteiger partial charge on any atom is -0.427 e. The van der Waals surface area contributed by atoms with Crippen LogP contribution in [0.4, 0.5) is 0 Å². The van der Waals surface area contributed by atoms with Crippen LogP contribution in [0.15, 0.2) is 14.5 Å². The minimum atomic E-state index is -3.98. The van der Waals surface area contributed by atoms with Crippen LogP contribution >= 0.6 is 23.7 Å². The number of primary sulfonamides is 1. The molecule has 0 unspecified atom stereocenters. The Morgan fingerprint density at radius 2 is 2.09 bits per heavy atom. The molecule has 5 N–H and O–H groups in total. The Morgan fingerprint density at radius 1 is 1.48 bits per heavy atom. The number of nitrogens with one attached hydrogen (secondary N) is 1. The van der Waals surface area contributed by atoms with Gasteiger partial charge in [-0.1, -0.05) is 0 Å². The molecule has 2 rings (SSSR count). The van der Waals surface area contributed by atoms with E-state index in [1.165, 1.54) is 6.07 Å². The maximum Gasteiger partial charge on any atom is 0.452 e. The van der Waals surface area contributed by atoms with Crippen molar-refractivity contribution in [2.24, 2.45) is 5.14 Å². The molecule has 0 aliphatic carbocycles. The Bertz CT molecular complexity index is 764. The summed E-state index contributed by atoms with van der Waals surface area (Å²) in [6, 6.07) is 0.908. The Kier molecular flexibility index (Phi) is 6.66. The molecule has 23 heavy (non-hydrogen) atoms. The number of hydrogen-bond donors (Lipinski definition) is 4. The van der Waals surface area contributed by atoms with E-state index >= 15 is 0 Å². The lowest BCUT2D eigenvalue weighted by atomic mass is 9.86. The molecule has 1 aromatic rings. The number of thiophene rings is 1. The predicted octanol–water partition coefficient (Wildman–Crippen LogP) is -0.513. The molecular formula is C10H18BClN2O6S3. The number of fused-ring (bicyclic) bond motifs is 1. The first kappa shape index (κ1) is 20.8. The van der Waals surface area contributed by atoms with Gasteiger partial charge in [0.15, 0.2) is 9.84 Å². The first-order valence-corrected chi connectivity index (χ1v) is 10.4. The molecular weight excluding hydrogens is 387 g/mol. The maximum absolute atomic E-state index is 12.3. The molecule has 0 bridgehead atoms. The number of nitrogens with two attached hydrogens (primary N) is 1. The van der Waals surface area contributed by atoms with Crippen molar-refractivity contribution < 1.29 is 26.9 Å². The fourth-order valence-corrected chi connectivity index (χ4v) is 6.74. The Hall–Kier alpha value is -0.205. The van der Waals surface area contributed by atoms with E-state index in [0.717, 1.165) is 0 Å². The van der Waals surface area contributed by atoms with Gasteiger partial charge in [-0.3, -0.25) is 0 Å². The summed E-state index contributed by atoms with van der Waals surface area (Å²) in [6.07, 6.45) is 0.358. The monoisotopic (exact) mass is 404 g/mol. The predicted molar refractivity (Wildman–Crippen MR) is 89.9 cm³/mol. The third-order valence-corrected chi connectivity index (χ3v) is 8.82. The highest BCUT2D eigenvalue weighted by molar-refractivity contribution is 7.95. The molecule has 0 spiro atoms. The fraction of sp³-hybridized carbons (Fsp3) is 0.600. The molecule has 1 aliphatic rings. The second kappa shape index (κ2) is 7.36. The average Bonchev–Trinajstić information content (AvgIpc) is 2.81. The molecule has 0 fully saturated rings. The second-order valence-corrected chi connectivity index (χ2v) is 10.6. The van der Waals surface area contributed by atoms with E-state index in [1.807, 2.05) is 0 Å². The van der Waals surface area contributed by atoms with Crippen molar-refractivity contribution in [3.8, 4) is 0 Å². The number of rotatable bonds is 5. The van der Waals surface area contributed by atoms with Crippen molar-refractivity contribution in [2.45, 2.75) is 39.4 Å². The summed E-state index contributed by atoms with van der Waals surface area (Å²) in [5.74, 6) is 0. The number of sulfonamides is 1. The molecule has 13 heteroatoms. The molecule has 1 aromatic heterocycles. The second-order valence-electron chi connectivity index (χ2n) is 5.22. The van der Waals surface area contributed by atoms with Crippen LogP contribution in [0, 0.1) is 0 Å². The van der Waals surface area contributed by atoms with Crippen molar-refractivity contribution >= 4 is 50.7 Å². The van der Waals surface area contributed by atoms with Crippen molar-refractivity contribution in [3.05, 3.63) is 11.6 Å². The summed E-state index contributed by atoms with van der Waals surface area (Å²) in [7, 11) is -9.01. The van der Waals surface area contributed by atoms with Crippen LogP contribution in [0.25, 0.3) is 0 Å². The number of halogens is 1. The van der Waals surface area contributed by atoms with E-state index in [-0.39, 0.29) is 46.2 Å². The third-order valence-electron chi connectivity index (χ3n) is 3.51. The van der Waals surface area contributed by atoms with Crippen LogP contribution in [0.3, 0.4) is 0 Å². The van der Waals surface area contributed by atoms with Crippen LogP contribution in [0.2, 0.25) is 6.32 Å².